The summed E-state index contributed by atoms with van der Waals surface area (Å²) in [5.74, 6) is -0.431. The second kappa shape index (κ2) is 11.2. The van der Waals surface area contributed by atoms with Gasteiger partial charge in [0, 0.05) is 40.3 Å². The Labute approximate surface area is 234 Å². The lowest BCUT2D eigenvalue weighted by atomic mass is 10.1. The van der Waals surface area contributed by atoms with E-state index in [9.17, 15) is 21.6 Å². The fourth-order valence-corrected chi connectivity index (χ4v) is 6.91. The van der Waals surface area contributed by atoms with Crippen molar-refractivity contribution in [2.24, 2.45) is 0 Å². The van der Waals surface area contributed by atoms with Gasteiger partial charge in [0.15, 0.2) is 0 Å². The normalized spacial score (nSPS) is 16.7. The molecule has 0 bridgehead atoms. The average molecular weight is 657 g/mol. The minimum atomic E-state index is -4.66. The predicted octanol–water partition coefficient (Wildman–Crippen LogP) is 7.20. The van der Waals surface area contributed by atoms with Crippen LogP contribution in [0.4, 0.5) is 18.9 Å². The molecule has 1 fully saturated rings. The Morgan fingerprint density at radius 1 is 1.16 bits per heavy atom. The first kappa shape index (κ1) is 28.3. The number of hydrogen-bond acceptors (Lipinski definition) is 6. The van der Waals surface area contributed by atoms with Gasteiger partial charge in [-0.3, -0.25) is 4.72 Å². The lowest BCUT2D eigenvalue weighted by molar-refractivity contribution is -0.139. The van der Waals surface area contributed by atoms with E-state index >= 15 is 0 Å². The van der Waals surface area contributed by atoms with Gasteiger partial charge in [0.1, 0.15) is 21.8 Å². The number of alkyl halides is 3. The van der Waals surface area contributed by atoms with Gasteiger partial charge < -0.3 is 9.64 Å². The maximum absolute atomic E-state index is 13.6. The summed E-state index contributed by atoms with van der Waals surface area (Å²) < 4.78 is 75.0. The number of halogens is 6. The summed E-state index contributed by atoms with van der Waals surface area (Å²) in [7, 11) is -2.33. The molecular formula is C23H19BrCl2F3N3O3S2. The number of hydrogen-bond donors (Lipinski definition) is 1. The summed E-state index contributed by atoms with van der Waals surface area (Å²) in [6.07, 6.45) is -3.38. The smallest absolute Gasteiger partial charge is 0.419 e. The van der Waals surface area contributed by atoms with Gasteiger partial charge in [0.05, 0.1) is 15.7 Å². The van der Waals surface area contributed by atoms with Gasteiger partial charge in [0.25, 0.3) is 10.0 Å². The zero-order chi connectivity index (χ0) is 27.0. The van der Waals surface area contributed by atoms with E-state index in [0.717, 1.165) is 24.4 Å². The molecule has 0 amide bonds. The van der Waals surface area contributed by atoms with Crippen molar-refractivity contribution in [1.82, 2.24) is 9.88 Å². The Balaban J connectivity index is 1.56. The van der Waals surface area contributed by atoms with Crippen LogP contribution in [0, 0.1) is 0 Å². The lowest BCUT2D eigenvalue weighted by Crippen LogP contribution is -2.23. The van der Waals surface area contributed by atoms with Crippen molar-refractivity contribution in [2.75, 3.05) is 24.9 Å². The van der Waals surface area contributed by atoms with Gasteiger partial charge in [-0.15, -0.1) is 0 Å². The number of benzene rings is 2. The van der Waals surface area contributed by atoms with Crippen molar-refractivity contribution in [2.45, 2.75) is 33.5 Å². The van der Waals surface area contributed by atoms with E-state index < -0.39 is 33.6 Å². The van der Waals surface area contributed by atoms with Crippen LogP contribution in [-0.4, -0.2) is 44.5 Å². The first-order chi connectivity index (χ1) is 17.3. The number of sulfonamides is 1. The number of aromatic nitrogens is 1. The summed E-state index contributed by atoms with van der Waals surface area (Å²) in [6, 6.07) is 9.20. The Hall–Kier alpha value is -1.70. The van der Waals surface area contributed by atoms with E-state index in [4.69, 9.17) is 27.9 Å². The number of likely N-dealkylation sites (N-methyl/N-ethyl adjacent to an activating group) is 1. The van der Waals surface area contributed by atoms with E-state index in [-0.39, 0.29) is 10.6 Å². The van der Waals surface area contributed by atoms with E-state index in [0.29, 0.717) is 43.9 Å². The van der Waals surface area contributed by atoms with Crippen LogP contribution in [0.5, 0.6) is 5.75 Å². The summed E-state index contributed by atoms with van der Waals surface area (Å²) >= 11 is 16.6. The van der Waals surface area contributed by atoms with Crippen LogP contribution < -0.4 is 9.46 Å². The third-order valence-electron chi connectivity index (χ3n) is 5.32. The number of nitrogens with one attached hydrogen (secondary N) is 1. The standard InChI is InChI=1S/C23H19BrCl2F3N3O3S2/c1-32-5-4-16(12-32)35-21-9-15(2-3-19(21)23(27,28)29)31-37(33,34)18-10-20(24)22(30-11-18)36-17-7-13(25)6-14(26)8-17/h2-3,6-11,16,31H,4-5,12H2,1H3/t16-/m1/s1. The Bertz CT molecular complexity index is 1410. The van der Waals surface area contributed by atoms with Crippen LogP contribution in [0.25, 0.3) is 0 Å². The lowest BCUT2D eigenvalue weighted by Gasteiger charge is -2.19. The van der Waals surface area contributed by atoms with Gasteiger partial charge in [-0.1, -0.05) is 35.0 Å². The highest BCUT2D eigenvalue weighted by molar-refractivity contribution is 9.10. The number of pyridine rings is 1. The zero-order valence-corrected chi connectivity index (χ0v) is 23.8. The highest BCUT2D eigenvalue weighted by Gasteiger charge is 2.36. The molecule has 37 heavy (non-hydrogen) atoms. The van der Waals surface area contributed by atoms with Crippen LogP contribution in [0.15, 0.2) is 68.0 Å². The third kappa shape index (κ3) is 7.24. The molecule has 1 N–H and O–H groups in total. The summed E-state index contributed by atoms with van der Waals surface area (Å²) in [6.45, 7) is 1.16. The van der Waals surface area contributed by atoms with E-state index in [1.807, 2.05) is 11.9 Å². The molecule has 2 heterocycles. The van der Waals surface area contributed by atoms with Crippen molar-refractivity contribution >= 4 is 66.6 Å². The van der Waals surface area contributed by atoms with Crippen LogP contribution in [0.1, 0.15) is 12.0 Å². The maximum atomic E-state index is 13.6. The minimum Gasteiger partial charge on any atom is -0.488 e. The molecular weight excluding hydrogens is 638 g/mol. The summed E-state index contributed by atoms with van der Waals surface area (Å²) in [5.41, 5.74) is -1.05. The summed E-state index contributed by atoms with van der Waals surface area (Å²) in [5, 5.41) is 1.34. The molecule has 0 saturated carbocycles. The zero-order valence-electron chi connectivity index (χ0n) is 19.0. The molecule has 4 rings (SSSR count). The van der Waals surface area contributed by atoms with E-state index in [1.165, 1.54) is 17.8 Å². The first-order valence-electron chi connectivity index (χ1n) is 10.7. The molecule has 0 unspecified atom stereocenters. The number of ether oxygens (including phenoxy) is 1. The SMILES string of the molecule is CN1CC[C@@H](Oc2cc(NS(=O)(=O)c3cnc(Sc4cc(Cl)cc(Cl)c4)c(Br)c3)ccc2C(F)(F)F)C1. The third-order valence-corrected chi connectivity index (χ3v) is 8.97. The van der Waals surface area contributed by atoms with Crippen LogP contribution >= 0.6 is 50.9 Å². The topological polar surface area (TPSA) is 71.5 Å². The first-order valence-corrected chi connectivity index (χ1v) is 14.5. The maximum Gasteiger partial charge on any atom is 0.419 e. The second-order valence-electron chi connectivity index (χ2n) is 8.27. The van der Waals surface area contributed by atoms with Gasteiger partial charge in [-0.05, 0) is 65.8 Å². The van der Waals surface area contributed by atoms with Crippen molar-refractivity contribution in [1.29, 1.82) is 0 Å². The molecule has 198 valence electrons. The Kier molecular flexibility index (Phi) is 8.56. The van der Waals surface area contributed by atoms with Gasteiger partial charge in [-0.25, -0.2) is 13.4 Å². The molecule has 1 saturated heterocycles. The predicted molar refractivity (Wildman–Crippen MR) is 141 cm³/mol. The van der Waals surface area contributed by atoms with E-state index in [2.05, 4.69) is 25.6 Å². The number of anilines is 1. The van der Waals surface area contributed by atoms with Crippen molar-refractivity contribution in [3.05, 3.63) is 68.7 Å². The van der Waals surface area contributed by atoms with Crippen LogP contribution in [0.3, 0.4) is 0 Å². The monoisotopic (exact) mass is 655 g/mol. The highest BCUT2D eigenvalue weighted by Crippen LogP contribution is 2.39. The number of likely N-dealkylation sites (tertiary alicyclic amines) is 1. The highest BCUT2D eigenvalue weighted by atomic mass is 79.9. The molecule has 0 aliphatic carbocycles. The van der Waals surface area contributed by atoms with Gasteiger partial charge in [0.2, 0.25) is 0 Å². The van der Waals surface area contributed by atoms with Crippen LogP contribution in [-0.2, 0) is 16.2 Å². The quantitative estimate of drug-likeness (QED) is 0.290. The number of nitrogens with zero attached hydrogens (tertiary/aromatic N) is 2. The molecule has 1 aromatic heterocycles. The molecule has 1 aliphatic heterocycles. The largest absolute Gasteiger partial charge is 0.488 e. The molecule has 14 heteroatoms. The molecule has 1 atom stereocenters. The summed E-state index contributed by atoms with van der Waals surface area (Å²) in [4.78, 5) is 6.67. The molecule has 2 aromatic carbocycles. The molecule has 3 aromatic rings. The average Bonchev–Trinajstić information content (AvgIpc) is 3.18. The van der Waals surface area contributed by atoms with Gasteiger partial charge in [-0.2, -0.15) is 13.2 Å². The van der Waals surface area contributed by atoms with Crippen molar-refractivity contribution in [3.8, 4) is 5.75 Å². The van der Waals surface area contributed by atoms with Crippen molar-refractivity contribution < 1.29 is 26.3 Å². The minimum absolute atomic E-state index is 0.0718. The molecule has 0 spiro atoms. The number of rotatable bonds is 7. The second-order valence-corrected chi connectivity index (χ2v) is 12.7. The molecule has 6 nitrogen and oxygen atoms in total. The Morgan fingerprint density at radius 2 is 1.86 bits per heavy atom. The molecule has 0 radical (unpaired) electrons. The fraction of sp³-hybridized carbons (Fsp3) is 0.261. The Morgan fingerprint density at radius 3 is 2.46 bits per heavy atom. The fourth-order valence-electron chi connectivity index (χ4n) is 3.63. The van der Waals surface area contributed by atoms with E-state index in [1.54, 1.807) is 18.2 Å². The molecule has 1 aliphatic rings. The van der Waals surface area contributed by atoms with Crippen molar-refractivity contribution in [3.63, 3.8) is 0 Å². The van der Waals surface area contributed by atoms with Gasteiger partial charge >= 0.3 is 6.18 Å². The van der Waals surface area contributed by atoms with Crippen LogP contribution in [0.2, 0.25) is 10.0 Å².